The van der Waals surface area contributed by atoms with Gasteiger partial charge in [0.2, 0.25) is 0 Å². The molecule has 1 N–H and O–H groups in total. The van der Waals surface area contributed by atoms with Crippen LogP contribution in [-0.4, -0.2) is 35.4 Å². The van der Waals surface area contributed by atoms with Crippen molar-refractivity contribution in [3.05, 3.63) is 58.1 Å². The summed E-state index contributed by atoms with van der Waals surface area (Å²) in [6.07, 6.45) is 3.20. The molecule has 29 heavy (non-hydrogen) atoms. The molecule has 154 valence electrons. The van der Waals surface area contributed by atoms with Gasteiger partial charge in [0.1, 0.15) is 5.75 Å². The number of carbonyl (C=O) groups excluding carboxylic acids is 2. The largest absolute Gasteiger partial charge is 0.484 e. The highest BCUT2D eigenvalue weighted by Crippen LogP contribution is 2.30. The van der Waals surface area contributed by atoms with Gasteiger partial charge in [0.15, 0.2) is 6.61 Å². The Morgan fingerprint density at radius 2 is 1.72 bits per heavy atom. The molecule has 0 aliphatic carbocycles. The number of hydrogen-bond acceptors (Lipinski definition) is 3. The van der Waals surface area contributed by atoms with Gasteiger partial charge in [-0.25, -0.2) is 0 Å². The zero-order valence-electron chi connectivity index (χ0n) is 16.5. The lowest BCUT2D eigenvalue weighted by Gasteiger charge is -2.38. The second kappa shape index (κ2) is 9.51. The number of amides is 2. The van der Waals surface area contributed by atoms with E-state index in [0.717, 1.165) is 19.3 Å². The molecule has 2 atom stereocenters. The normalized spacial score (nSPS) is 19.0. The van der Waals surface area contributed by atoms with Crippen molar-refractivity contribution in [2.24, 2.45) is 0 Å². The van der Waals surface area contributed by atoms with Crippen LogP contribution < -0.4 is 10.1 Å². The predicted octanol–water partition coefficient (Wildman–Crippen LogP) is 5.41. The van der Waals surface area contributed by atoms with Crippen molar-refractivity contribution < 1.29 is 14.3 Å². The first-order chi connectivity index (χ1) is 13.9. The summed E-state index contributed by atoms with van der Waals surface area (Å²) in [4.78, 5) is 26.9. The summed E-state index contributed by atoms with van der Waals surface area (Å²) in [6, 6.07) is 12.1. The van der Waals surface area contributed by atoms with Crippen LogP contribution in [0.15, 0.2) is 42.5 Å². The van der Waals surface area contributed by atoms with Crippen LogP contribution in [0.1, 0.15) is 43.5 Å². The SMILES string of the molecule is CC1CCCC(C)N1C(=O)COc1ccc(C(=O)Nc2cccc(Cl)c2Cl)cc1. The molecule has 0 saturated carbocycles. The number of rotatable bonds is 5. The Hall–Kier alpha value is -2.24. The Morgan fingerprint density at radius 1 is 1.07 bits per heavy atom. The van der Waals surface area contributed by atoms with Gasteiger partial charge in [0.25, 0.3) is 11.8 Å². The van der Waals surface area contributed by atoms with E-state index in [2.05, 4.69) is 19.2 Å². The number of benzene rings is 2. The standard InChI is InChI=1S/C22H24Cl2N2O3/c1-14-5-3-6-15(2)26(14)20(27)13-29-17-11-9-16(10-12-17)22(28)25-19-8-4-7-18(23)21(19)24/h4,7-12,14-15H,3,5-6,13H2,1-2H3,(H,25,28). The molecule has 1 heterocycles. The number of piperidine rings is 1. The molecule has 0 aromatic heterocycles. The number of anilines is 1. The molecule has 7 heteroatoms. The van der Waals surface area contributed by atoms with Gasteiger partial charge >= 0.3 is 0 Å². The predicted molar refractivity (Wildman–Crippen MR) is 116 cm³/mol. The molecule has 1 saturated heterocycles. The second-order valence-corrected chi connectivity index (χ2v) is 8.08. The first-order valence-electron chi connectivity index (χ1n) is 9.66. The minimum atomic E-state index is -0.312. The Bertz CT molecular complexity index is 876. The van der Waals surface area contributed by atoms with Crippen molar-refractivity contribution >= 4 is 40.7 Å². The lowest BCUT2D eigenvalue weighted by atomic mass is 9.97. The minimum absolute atomic E-state index is 0.0119. The highest BCUT2D eigenvalue weighted by atomic mass is 35.5. The van der Waals surface area contributed by atoms with Crippen LogP contribution in [0.4, 0.5) is 5.69 Å². The maximum Gasteiger partial charge on any atom is 0.260 e. The smallest absolute Gasteiger partial charge is 0.260 e. The van der Waals surface area contributed by atoms with Crippen molar-refractivity contribution in [3.8, 4) is 5.75 Å². The number of nitrogens with zero attached hydrogens (tertiary/aromatic N) is 1. The number of carbonyl (C=O) groups is 2. The molecule has 1 fully saturated rings. The highest BCUT2D eigenvalue weighted by Gasteiger charge is 2.28. The molecule has 0 bridgehead atoms. The number of nitrogens with one attached hydrogen (secondary N) is 1. The van der Waals surface area contributed by atoms with Crippen LogP contribution in [0, 0.1) is 0 Å². The minimum Gasteiger partial charge on any atom is -0.484 e. The average molecular weight is 435 g/mol. The number of hydrogen-bond donors (Lipinski definition) is 1. The lowest BCUT2D eigenvalue weighted by molar-refractivity contribution is -0.139. The van der Waals surface area contributed by atoms with Crippen LogP contribution in [-0.2, 0) is 4.79 Å². The van der Waals surface area contributed by atoms with Gasteiger partial charge in [0, 0.05) is 17.6 Å². The van der Waals surface area contributed by atoms with E-state index in [9.17, 15) is 9.59 Å². The van der Waals surface area contributed by atoms with Crippen LogP contribution >= 0.6 is 23.2 Å². The highest BCUT2D eigenvalue weighted by molar-refractivity contribution is 6.44. The fraction of sp³-hybridized carbons (Fsp3) is 0.364. The Balaban J connectivity index is 1.58. The molecule has 2 aromatic carbocycles. The van der Waals surface area contributed by atoms with Crippen molar-refractivity contribution in [2.45, 2.75) is 45.2 Å². The van der Waals surface area contributed by atoms with Gasteiger partial charge in [-0.05, 0) is 69.5 Å². The van der Waals surface area contributed by atoms with Crippen molar-refractivity contribution in [1.82, 2.24) is 4.90 Å². The summed E-state index contributed by atoms with van der Waals surface area (Å²) < 4.78 is 5.64. The first-order valence-corrected chi connectivity index (χ1v) is 10.4. The van der Waals surface area contributed by atoms with E-state index in [1.54, 1.807) is 42.5 Å². The summed E-state index contributed by atoms with van der Waals surface area (Å²) in [5.41, 5.74) is 0.887. The third kappa shape index (κ3) is 5.22. The Labute approximate surface area is 180 Å². The molecule has 5 nitrogen and oxygen atoms in total. The molecular weight excluding hydrogens is 411 g/mol. The molecule has 2 amide bonds. The second-order valence-electron chi connectivity index (χ2n) is 7.30. The van der Waals surface area contributed by atoms with E-state index in [0.29, 0.717) is 27.0 Å². The fourth-order valence-corrected chi connectivity index (χ4v) is 3.98. The molecule has 2 unspecified atom stereocenters. The molecule has 0 radical (unpaired) electrons. The van der Waals surface area contributed by atoms with E-state index in [1.165, 1.54) is 0 Å². The van der Waals surface area contributed by atoms with Gasteiger partial charge in [-0.15, -0.1) is 0 Å². The van der Waals surface area contributed by atoms with Gasteiger partial charge < -0.3 is 15.0 Å². The van der Waals surface area contributed by atoms with Crippen LogP contribution in [0.2, 0.25) is 10.0 Å². The number of halogens is 2. The molecule has 1 aliphatic rings. The Morgan fingerprint density at radius 3 is 2.38 bits per heavy atom. The topological polar surface area (TPSA) is 58.6 Å². The third-order valence-corrected chi connectivity index (χ3v) is 5.98. The van der Waals surface area contributed by atoms with Gasteiger partial charge in [-0.1, -0.05) is 29.3 Å². The third-order valence-electron chi connectivity index (χ3n) is 5.16. The Kier molecular flexibility index (Phi) is 7.04. The molecule has 0 spiro atoms. The van der Waals surface area contributed by atoms with Gasteiger partial charge in [0.05, 0.1) is 15.7 Å². The summed E-state index contributed by atoms with van der Waals surface area (Å²) in [6.45, 7) is 4.14. The van der Waals surface area contributed by atoms with E-state index in [1.807, 2.05) is 4.90 Å². The molecule has 2 aromatic rings. The molecular formula is C22H24Cl2N2O3. The van der Waals surface area contributed by atoms with Crippen molar-refractivity contribution in [2.75, 3.05) is 11.9 Å². The van der Waals surface area contributed by atoms with E-state index >= 15 is 0 Å². The molecule has 1 aliphatic heterocycles. The number of ether oxygens (including phenoxy) is 1. The maximum atomic E-state index is 12.5. The monoisotopic (exact) mass is 434 g/mol. The zero-order valence-corrected chi connectivity index (χ0v) is 18.0. The fourth-order valence-electron chi connectivity index (χ4n) is 3.63. The van der Waals surface area contributed by atoms with Crippen LogP contribution in [0.5, 0.6) is 5.75 Å². The summed E-state index contributed by atoms with van der Waals surface area (Å²) in [5, 5.41) is 3.40. The van der Waals surface area contributed by atoms with Gasteiger partial charge in [-0.3, -0.25) is 9.59 Å². The van der Waals surface area contributed by atoms with E-state index in [-0.39, 0.29) is 30.5 Å². The van der Waals surface area contributed by atoms with Crippen LogP contribution in [0.25, 0.3) is 0 Å². The quantitative estimate of drug-likeness (QED) is 0.683. The average Bonchev–Trinajstić information content (AvgIpc) is 2.70. The summed E-state index contributed by atoms with van der Waals surface area (Å²) >= 11 is 12.1. The van der Waals surface area contributed by atoms with E-state index < -0.39 is 0 Å². The lowest BCUT2D eigenvalue weighted by Crippen LogP contribution is -2.49. The van der Waals surface area contributed by atoms with Gasteiger partial charge in [-0.2, -0.15) is 0 Å². The summed E-state index contributed by atoms with van der Waals surface area (Å²) in [7, 11) is 0. The molecule has 3 rings (SSSR count). The summed E-state index contributed by atoms with van der Waals surface area (Å²) in [5.74, 6) is 0.211. The van der Waals surface area contributed by atoms with Crippen molar-refractivity contribution in [1.29, 1.82) is 0 Å². The van der Waals surface area contributed by atoms with Crippen LogP contribution in [0.3, 0.4) is 0 Å². The first kappa shape index (κ1) is 21.5. The zero-order chi connectivity index (χ0) is 21.0. The maximum absolute atomic E-state index is 12.5. The number of likely N-dealkylation sites (tertiary alicyclic amines) is 1. The van der Waals surface area contributed by atoms with Crippen molar-refractivity contribution in [3.63, 3.8) is 0 Å². The van der Waals surface area contributed by atoms with E-state index in [4.69, 9.17) is 27.9 Å².